The van der Waals surface area contributed by atoms with Crippen LogP contribution >= 0.6 is 59.1 Å². The Labute approximate surface area is 141 Å². The van der Waals surface area contributed by atoms with Gasteiger partial charge in [0.1, 0.15) is 0 Å². The van der Waals surface area contributed by atoms with Crippen LogP contribution in [0.25, 0.3) is 0 Å². The summed E-state index contributed by atoms with van der Waals surface area (Å²) in [4.78, 5) is 12.2. The van der Waals surface area contributed by atoms with Gasteiger partial charge < -0.3 is 5.32 Å². The largest absolute Gasteiger partial charge is 0.322 e. The second-order valence-electron chi connectivity index (χ2n) is 4.12. The second kappa shape index (κ2) is 6.08. The van der Waals surface area contributed by atoms with Gasteiger partial charge >= 0.3 is 0 Å². The summed E-state index contributed by atoms with van der Waals surface area (Å²) in [5, 5.41) is 2.92. The van der Waals surface area contributed by atoms with Crippen molar-refractivity contribution in [3.63, 3.8) is 0 Å². The average molecular weight is 468 g/mol. The van der Waals surface area contributed by atoms with Crippen molar-refractivity contribution in [3.05, 3.63) is 46.9 Å². The zero-order valence-electron chi connectivity index (χ0n) is 10.2. The number of thiophene rings is 1. The van der Waals surface area contributed by atoms with Crippen molar-refractivity contribution in [1.29, 1.82) is 0 Å². The molecule has 0 fully saturated rings. The zero-order valence-corrected chi connectivity index (χ0v) is 15.8. The number of aryl methyl sites for hydroxylation is 2. The summed E-state index contributed by atoms with van der Waals surface area (Å²) in [5.74, 6) is -0.116. The molecule has 2 aromatic rings. The minimum absolute atomic E-state index is 0.116. The van der Waals surface area contributed by atoms with E-state index in [0.717, 1.165) is 28.9 Å². The molecule has 2 rings (SSSR count). The predicted octanol–water partition coefficient (Wildman–Crippen LogP) is 5.90. The Morgan fingerprint density at radius 3 is 2.16 bits per heavy atom. The molecule has 0 saturated heterocycles. The Morgan fingerprint density at radius 2 is 1.68 bits per heavy atom. The molecule has 0 unspecified atom stereocenters. The third-order valence-electron chi connectivity index (χ3n) is 2.60. The van der Waals surface area contributed by atoms with E-state index in [4.69, 9.17) is 0 Å². The summed E-state index contributed by atoms with van der Waals surface area (Å²) in [5.41, 5.74) is 3.63. The third-order valence-corrected chi connectivity index (χ3v) is 6.19. The van der Waals surface area contributed by atoms with Crippen LogP contribution in [0.4, 0.5) is 5.69 Å². The van der Waals surface area contributed by atoms with E-state index in [2.05, 4.69) is 53.1 Å². The Kier molecular flexibility index (Phi) is 4.87. The number of nitrogens with one attached hydrogen (secondary N) is 1. The number of carbonyl (C=O) groups excluding carboxylic acids is 1. The Morgan fingerprint density at radius 1 is 1.11 bits per heavy atom. The molecule has 1 N–H and O–H groups in total. The van der Waals surface area contributed by atoms with E-state index in [1.807, 2.05) is 32.0 Å². The number of rotatable bonds is 2. The van der Waals surface area contributed by atoms with E-state index in [0.29, 0.717) is 5.56 Å². The van der Waals surface area contributed by atoms with Gasteiger partial charge in [0.15, 0.2) is 0 Å². The lowest BCUT2D eigenvalue weighted by Gasteiger charge is -2.09. The summed E-state index contributed by atoms with van der Waals surface area (Å²) in [6.45, 7) is 4.01. The third kappa shape index (κ3) is 3.48. The minimum Gasteiger partial charge on any atom is -0.322 e. The normalized spacial score (nSPS) is 10.6. The number of anilines is 1. The first kappa shape index (κ1) is 15.2. The highest BCUT2D eigenvalue weighted by Crippen LogP contribution is 2.32. The molecule has 1 aromatic heterocycles. The highest BCUT2D eigenvalue weighted by Gasteiger charge is 2.14. The van der Waals surface area contributed by atoms with E-state index < -0.39 is 0 Å². The van der Waals surface area contributed by atoms with E-state index >= 15 is 0 Å². The smallest absolute Gasteiger partial charge is 0.257 e. The van der Waals surface area contributed by atoms with Gasteiger partial charge in [-0.1, -0.05) is 15.9 Å². The highest BCUT2D eigenvalue weighted by molar-refractivity contribution is 9.12. The number of hydrogen-bond donors (Lipinski definition) is 1. The van der Waals surface area contributed by atoms with Gasteiger partial charge in [-0.3, -0.25) is 4.79 Å². The molecule has 6 heteroatoms. The fourth-order valence-electron chi connectivity index (χ4n) is 1.71. The molecule has 0 aliphatic carbocycles. The molecule has 0 spiro atoms. The lowest BCUT2D eigenvalue weighted by atomic mass is 10.1. The highest BCUT2D eigenvalue weighted by atomic mass is 79.9. The van der Waals surface area contributed by atoms with Gasteiger partial charge in [-0.25, -0.2) is 0 Å². The number of benzene rings is 1. The van der Waals surface area contributed by atoms with Crippen LogP contribution in [0, 0.1) is 13.8 Å². The quantitative estimate of drug-likeness (QED) is 0.585. The maximum atomic E-state index is 12.2. The van der Waals surface area contributed by atoms with Crippen molar-refractivity contribution in [2.24, 2.45) is 0 Å². The van der Waals surface area contributed by atoms with Crippen LogP contribution < -0.4 is 5.32 Å². The van der Waals surface area contributed by atoms with E-state index in [1.54, 1.807) is 0 Å². The first-order valence-corrected chi connectivity index (χ1v) is 8.61. The topological polar surface area (TPSA) is 29.1 Å². The minimum atomic E-state index is -0.116. The molecule has 100 valence electrons. The average Bonchev–Trinajstić information content (AvgIpc) is 2.65. The van der Waals surface area contributed by atoms with Gasteiger partial charge in [0.25, 0.3) is 5.91 Å². The summed E-state index contributed by atoms with van der Waals surface area (Å²) >= 11 is 11.8. The number of carbonyl (C=O) groups is 1. The molecule has 1 amide bonds. The Balaban J connectivity index is 2.27. The van der Waals surface area contributed by atoms with E-state index in [9.17, 15) is 4.79 Å². The van der Waals surface area contributed by atoms with E-state index in [1.165, 1.54) is 11.3 Å². The van der Waals surface area contributed by atoms with Crippen molar-refractivity contribution < 1.29 is 4.79 Å². The zero-order chi connectivity index (χ0) is 14.2. The van der Waals surface area contributed by atoms with Crippen molar-refractivity contribution >= 4 is 70.7 Å². The van der Waals surface area contributed by atoms with Gasteiger partial charge in [-0.2, -0.15) is 0 Å². The molecule has 19 heavy (non-hydrogen) atoms. The first-order chi connectivity index (χ1) is 8.88. The fourth-order valence-corrected chi connectivity index (χ4v) is 4.73. The monoisotopic (exact) mass is 465 g/mol. The lowest BCUT2D eigenvalue weighted by molar-refractivity contribution is 0.102. The number of halogens is 3. The SMILES string of the molecule is Cc1cc(NC(=O)c2cc(Br)sc2Br)cc(C)c1Br. The summed E-state index contributed by atoms with van der Waals surface area (Å²) in [6.07, 6.45) is 0. The van der Waals surface area contributed by atoms with Crippen molar-refractivity contribution in [3.8, 4) is 0 Å². The molecular formula is C13H10Br3NOS. The van der Waals surface area contributed by atoms with Crippen LogP contribution in [0.1, 0.15) is 21.5 Å². The molecule has 1 aromatic carbocycles. The lowest BCUT2D eigenvalue weighted by Crippen LogP contribution is -2.11. The predicted molar refractivity (Wildman–Crippen MR) is 91.3 cm³/mol. The molecule has 0 bridgehead atoms. The van der Waals surface area contributed by atoms with Gasteiger partial charge in [0.05, 0.1) is 13.1 Å². The van der Waals surface area contributed by atoms with Crippen LogP contribution in [0.3, 0.4) is 0 Å². The maximum absolute atomic E-state index is 12.2. The van der Waals surface area contributed by atoms with Crippen LogP contribution in [0.15, 0.2) is 30.2 Å². The molecule has 0 radical (unpaired) electrons. The Hall–Kier alpha value is -0.170. The van der Waals surface area contributed by atoms with Crippen LogP contribution in [-0.4, -0.2) is 5.91 Å². The van der Waals surface area contributed by atoms with Gasteiger partial charge in [-0.15, -0.1) is 11.3 Å². The van der Waals surface area contributed by atoms with Gasteiger partial charge in [0.2, 0.25) is 0 Å². The molecule has 0 aliphatic heterocycles. The van der Waals surface area contributed by atoms with Crippen molar-refractivity contribution in [2.75, 3.05) is 5.32 Å². The molecule has 0 atom stereocenters. The number of hydrogen-bond acceptors (Lipinski definition) is 2. The van der Waals surface area contributed by atoms with Crippen LogP contribution in [-0.2, 0) is 0 Å². The van der Waals surface area contributed by atoms with Crippen LogP contribution in [0.2, 0.25) is 0 Å². The molecular weight excluding hydrogens is 458 g/mol. The summed E-state index contributed by atoms with van der Waals surface area (Å²) in [6, 6.07) is 5.71. The fraction of sp³-hybridized carbons (Fsp3) is 0.154. The summed E-state index contributed by atoms with van der Waals surface area (Å²) in [7, 11) is 0. The standard InChI is InChI=1S/C13H10Br3NOS/c1-6-3-8(4-7(2)11(6)15)17-13(18)9-5-10(14)19-12(9)16/h3-5H,1-2H3,(H,17,18). The number of amides is 1. The van der Waals surface area contributed by atoms with Crippen LogP contribution in [0.5, 0.6) is 0 Å². The van der Waals surface area contributed by atoms with E-state index in [-0.39, 0.29) is 5.91 Å². The molecule has 0 aliphatic rings. The summed E-state index contributed by atoms with van der Waals surface area (Å²) < 4.78 is 2.82. The van der Waals surface area contributed by atoms with Gasteiger partial charge in [-0.05, 0) is 75.0 Å². The Bertz CT molecular complexity index is 628. The van der Waals surface area contributed by atoms with Crippen molar-refractivity contribution in [2.45, 2.75) is 13.8 Å². The second-order valence-corrected chi connectivity index (χ2v) is 8.66. The molecule has 1 heterocycles. The molecule has 2 nitrogen and oxygen atoms in total. The maximum Gasteiger partial charge on any atom is 0.257 e. The molecule has 0 saturated carbocycles. The van der Waals surface area contributed by atoms with Crippen molar-refractivity contribution in [1.82, 2.24) is 0 Å². The van der Waals surface area contributed by atoms with Gasteiger partial charge in [0, 0.05) is 10.2 Å². The first-order valence-electron chi connectivity index (χ1n) is 5.41.